The Bertz CT molecular complexity index is 1120. The topological polar surface area (TPSA) is 66.4 Å². The predicted octanol–water partition coefficient (Wildman–Crippen LogP) is 5.71. The van der Waals surface area contributed by atoms with E-state index in [0.29, 0.717) is 27.0 Å². The van der Waals surface area contributed by atoms with Crippen LogP contribution in [0.2, 0.25) is 0 Å². The van der Waals surface area contributed by atoms with Gasteiger partial charge in [-0.3, -0.25) is 10.2 Å². The lowest BCUT2D eigenvalue weighted by Crippen LogP contribution is -2.11. The Morgan fingerprint density at radius 2 is 1.83 bits per heavy atom. The fourth-order valence-corrected chi connectivity index (χ4v) is 3.95. The molecule has 0 radical (unpaired) electrons. The van der Waals surface area contributed by atoms with Crippen molar-refractivity contribution in [1.82, 2.24) is 4.98 Å². The van der Waals surface area contributed by atoms with Gasteiger partial charge in [0, 0.05) is 16.0 Å². The number of amides is 1. The molecule has 0 aliphatic carbocycles. The number of carbonyl (C=O) groups is 1. The number of benzene rings is 2. The van der Waals surface area contributed by atoms with Crippen molar-refractivity contribution in [2.24, 2.45) is 5.10 Å². The first-order valence-electron chi connectivity index (χ1n) is 8.65. The molecular weight excluding hydrogens is 407 g/mol. The van der Waals surface area contributed by atoms with Crippen LogP contribution in [0, 0.1) is 5.82 Å². The van der Waals surface area contributed by atoms with Crippen molar-refractivity contribution >= 4 is 44.9 Å². The van der Waals surface area contributed by atoms with E-state index in [1.54, 1.807) is 53.9 Å². The zero-order valence-electron chi connectivity index (χ0n) is 15.0. The molecule has 144 valence electrons. The molecule has 0 unspecified atom stereocenters. The minimum absolute atomic E-state index is 0.244. The summed E-state index contributed by atoms with van der Waals surface area (Å²) in [6, 6.07) is 18.8. The van der Waals surface area contributed by atoms with Crippen LogP contribution in [0.3, 0.4) is 0 Å². The van der Waals surface area contributed by atoms with Crippen molar-refractivity contribution < 1.29 is 9.18 Å². The molecule has 4 rings (SSSR count). The van der Waals surface area contributed by atoms with Crippen LogP contribution in [0.4, 0.5) is 14.5 Å². The maximum Gasteiger partial charge on any atom is 0.256 e. The van der Waals surface area contributed by atoms with Crippen molar-refractivity contribution in [3.8, 4) is 11.3 Å². The molecule has 2 N–H and O–H groups in total. The number of thiazole rings is 1. The smallest absolute Gasteiger partial charge is 0.256 e. The van der Waals surface area contributed by atoms with Gasteiger partial charge in [0.15, 0.2) is 0 Å². The van der Waals surface area contributed by atoms with Crippen molar-refractivity contribution in [2.45, 2.75) is 0 Å². The van der Waals surface area contributed by atoms with Crippen LogP contribution in [0.1, 0.15) is 15.2 Å². The Hall–Kier alpha value is -3.36. The summed E-state index contributed by atoms with van der Waals surface area (Å²) in [5.41, 5.74) is 4.68. The summed E-state index contributed by atoms with van der Waals surface area (Å²) in [4.78, 5) is 18.1. The van der Waals surface area contributed by atoms with Gasteiger partial charge < -0.3 is 5.32 Å². The van der Waals surface area contributed by atoms with Gasteiger partial charge in [0.05, 0.1) is 6.21 Å². The van der Waals surface area contributed by atoms with Crippen LogP contribution in [0.5, 0.6) is 0 Å². The number of carbonyl (C=O) groups excluding carboxylic acids is 1. The maximum absolute atomic E-state index is 13.3. The van der Waals surface area contributed by atoms with Gasteiger partial charge in [0.2, 0.25) is 5.13 Å². The van der Waals surface area contributed by atoms with Crippen LogP contribution in [-0.4, -0.2) is 17.1 Å². The fraction of sp³-hybridized carbons (Fsp3) is 0. The lowest BCUT2D eigenvalue weighted by atomic mass is 10.1. The van der Waals surface area contributed by atoms with Crippen LogP contribution in [0.25, 0.3) is 11.3 Å². The summed E-state index contributed by atoms with van der Waals surface area (Å²) in [6.45, 7) is 0. The molecule has 4 aromatic rings. The number of halogens is 1. The second kappa shape index (κ2) is 8.76. The molecule has 0 fully saturated rings. The lowest BCUT2D eigenvalue weighted by Gasteiger charge is -2.05. The number of hydrogen-bond donors (Lipinski definition) is 2. The number of nitrogens with one attached hydrogen (secondary N) is 2. The number of hydrogen-bond acceptors (Lipinski definition) is 6. The molecule has 0 atom stereocenters. The predicted molar refractivity (Wildman–Crippen MR) is 117 cm³/mol. The number of nitrogens with zero attached hydrogens (tertiary/aromatic N) is 2. The standard InChI is InChI=1S/C21H15FN4OS2/c22-16-10-8-14(9-11-16)18-20(25-19(27)15-5-2-1-3-6-15)29-21(24-18)26-23-13-17-7-4-12-28-17/h1-13H,(H,24,26)(H,25,27). The molecule has 0 spiro atoms. The molecule has 8 heteroatoms. The van der Waals surface area contributed by atoms with Gasteiger partial charge in [-0.25, -0.2) is 9.37 Å². The summed E-state index contributed by atoms with van der Waals surface area (Å²) in [5.74, 6) is -0.580. The number of hydrazone groups is 1. The summed E-state index contributed by atoms with van der Waals surface area (Å²) in [6.07, 6.45) is 1.70. The second-order valence-corrected chi connectivity index (χ2v) is 7.89. The highest BCUT2D eigenvalue weighted by Gasteiger charge is 2.16. The Morgan fingerprint density at radius 3 is 2.55 bits per heavy atom. The molecular formula is C21H15FN4OS2. The van der Waals surface area contributed by atoms with Gasteiger partial charge in [-0.05, 0) is 47.8 Å². The summed E-state index contributed by atoms with van der Waals surface area (Å²) in [7, 11) is 0. The summed E-state index contributed by atoms with van der Waals surface area (Å²) >= 11 is 2.83. The first-order chi connectivity index (χ1) is 14.2. The lowest BCUT2D eigenvalue weighted by molar-refractivity contribution is 0.102. The molecule has 0 aliphatic rings. The van der Waals surface area contributed by atoms with Crippen molar-refractivity contribution in [3.63, 3.8) is 0 Å². The second-order valence-electron chi connectivity index (χ2n) is 5.91. The van der Waals surface area contributed by atoms with Crippen molar-refractivity contribution in [3.05, 3.63) is 88.4 Å². The van der Waals surface area contributed by atoms with Gasteiger partial charge in [-0.1, -0.05) is 35.6 Å². The summed E-state index contributed by atoms with van der Waals surface area (Å²) in [5, 5.41) is 10.1. The van der Waals surface area contributed by atoms with E-state index >= 15 is 0 Å². The van der Waals surface area contributed by atoms with E-state index in [1.165, 1.54) is 23.5 Å². The average Bonchev–Trinajstić information content (AvgIpc) is 3.40. The Balaban J connectivity index is 1.61. The van der Waals surface area contributed by atoms with Crippen LogP contribution < -0.4 is 10.7 Å². The van der Waals surface area contributed by atoms with E-state index in [9.17, 15) is 9.18 Å². The highest BCUT2D eigenvalue weighted by atomic mass is 32.1. The molecule has 0 aliphatic heterocycles. The molecule has 2 heterocycles. The first kappa shape index (κ1) is 19.0. The average molecular weight is 423 g/mol. The molecule has 5 nitrogen and oxygen atoms in total. The minimum atomic E-state index is -0.335. The highest BCUT2D eigenvalue weighted by Crippen LogP contribution is 2.36. The Labute approximate surface area is 174 Å². The van der Waals surface area contributed by atoms with Gasteiger partial charge in [-0.15, -0.1) is 11.3 Å². The first-order valence-corrected chi connectivity index (χ1v) is 10.3. The fourth-order valence-electron chi connectivity index (χ4n) is 2.54. The third-order valence-electron chi connectivity index (χ3n) is 3.90. The van der Waals surface area contributed by atoms with E-state index < -0.39 is 0 Å². The molecule has 1 amide bonds. The number of aromatic nitrogens is 1. The normalized spacial score (nSPS) is 10.9. The van der Waals surface area contributed by atoms with Crippen LogP contribution >= 0.6 is 22.7 Å². The molecule has 2 aromatic carbocycles. The summed E-state index contributed by atoms with van der Waals surface area (Å²) < 4.78 is 13.3. The largest absolute Gasteiger partial charge is 0.312 e. The van der Waals surface area contributed by atoms with E-state index in [1.807, 2.05) is 23.6 Å². The zero-order chi connectivity index (χ0) is 20.1. The molecule has 0 saturated carbocycles. The Kier molecular flexibility index (Phi) is 5.73. The quantitative estimate of drug-likeness (QED) is 0.309. The van der Waals surface area contributed by atoms with Gasteiger partial charge in [-0.2, -0.15) is 5.10 Å². The molecule has 2 aromatic heterocycles. The minimum Gasteiger partial charge on any atom is -0.312 e. The van der Waals surface area contributed by atoms with Gasteiger partial charge in [0.1, 0.15) is 16.5 Å². The molecule has 29 heavy (non-hydrogen) atoms. The van der Waals surface area contributed by atoms with Crippen LogP contribution in [0.15, 0.2) is 77.2 Å². The SMILES string of the molecule is O=C(Nc1sc(NN=Cc2cccs2)nc1-c1ccc(F)cc1)c1ccccc1. The van der Waals surface area contributed by atoms with Crippen LogP contribution in [-0.2, 0) is 0 Å². The van der Waals surface area contributed by atoms with E-state index in [0.717, 1.165) is 4.88 Å². The molecule has 0 bridgehead atoms. The number of rotatable bonds is 6. The van der Waals surface area contributed by atoms with Gasteiger partial charge >= 0.3 is 0 Å². The zero-order valence-corrected chi connectivity index (χ0v) is 16.6. The third-order valence-corrected chi connectivity index (χ3v) is 5.59. The Morgan fingerprint density at radius 1 is 1.03 bits per heavy atom. The number of thiophene rings is 1. The van der Waals surface area contributed by atoms with Crippen molar-refractivity contribution in [1.29, 1.82) is 0 Å². The third kappa shape index (κ3) is 4.74. The molecule has 0 saturated heterocycles. The van der Waals surface area contributed by atoms with E-state index in [4.69, 9.17) is 0 Å². The number of anilines is 2. The van der Waals surface area contributed by atoms with Crippen molar-refractivity contribution in [2.75, 3.05) is 10.7 Å². The highest BCUT2D eigenvalue weighted by molar-refractivity contribution is 7.20. The van der Waals surface area contributed by atoms with E-state index in [2.05, 4.69) is 20.8 Å². The maximum atomic E-state index is 13.3. The van der Waals surface area contributed by atoms with Gasteiger partial charge in [0.25, 0.3) is 5.91 Å². The monoisotopic (exact) mass is 422 g/mol. The van der Waals surface area contributed by atoms with E-state index in [-0.39, 0.29) is 11.7 Å².